The van der Waals surface area contributed by atoms with Gasteiger partial charge in [0.1, 0.15) is 5.75 Å². The van der Waals surface area contributed by atoms with Gasteiger partial charge in [0.15, 0.2) is 0 Å². The lowest BCUT2D eigenvalue weighted by Gasteiger charge is -2.07. The summed E-state index contributed by atoms with van der Waals surface area (Å²) in [6, 6.07) is 6.02. The molecule has 1 aromatic carbocycles. The summed E-state index contributed by atoms with van der Waals surface area (Å²) in [5.41, 5.74) is 10.9. The van der Waals surface area contributed by atoms with Crippen LogP contribution in [0.25, 0.3) is 11.3 Å². The van der Waals surface area contributed by atoms with Crippen LogP contribution in [-0.4, -0.2) is 17.3 Å². The smallest absolute Gasteiger partial charge is 0.121 e. The van der Waals surface area contributed by atoms with E-state index in [2.05, 4.69) is 16.3 Å². The Morgan fingerprint density at radius 3 is 2.71 bits per heavy atom. The number of hydrogen-bond acceptors (Lipinski definition) is 3. The highest BCUT2D eigenvalue weighted by Gasteiger charge is 2.11. The molecule has 0 aliphatic carbocycles. The van der Waals surface area contributed by atoms with Gasteiger partial charge < -0.3 is 10.5 Å². The molecule has 0 saturated carbocycles. The highest BCUT2D eigenvalue weighted by atomic mass is 16.5. The van der Waals surface area contributed by atoms with Gasteiger partial charge in [-0.1, -0.05) is 0 Å². The molecule has 4 nitrogen and oxygen atoms in total. The Morgan fingerprint density at radius 2 is 2.12 bits per heavy atom. The number of nitrogens with two attached hydrogens (primary N) is 1. The van der Waals surface area contributed by atoms with Gasteiger partial charge in [-0.15, -0.1) is 0 Å². The van der Waals surface area contributed by atoms with Crippen molar-refractivity contribution < 1.29 is 4.74 Å². The van der Waals surface area contributed by atoms with Crippen LogP contribution in [0.5, 0.6) is 5.75 Å². The number of nitrogens with one attached hydrogen (secondary N) is 1. The summed E-state index contributed by atoms with van der Waals surface area (Å²) in [6.45, 7) is 4.49. The van der Waals surface area contributed by atoms with Crippen LogP contribution < -0.4 is 10.5 Å². The number of aryl methyl sites for hydroxylation is 2. The standard InChI is InChI=1S/C13H17N3O/c1-8-6-10(4-5-12(8)17-3)13-11(7-14)9(2)15-16-13/h4-6H,7,14H2,1-3H3,(H,15,16). The van der Waals surface area contributed by atoms with Gasteiger partial charge in [0.05, 0.1) is 12.8 Å². The van der Waals surface area contributed by atoms with E-state index in [9.17, 15) is 0 Å². The molecule has 17 heavy (non-hydrogen) atoms. The van der Waals surface area contributed by atoms with E-state index in [-0.39, 0.29) is 0 Å². The van der Waals surface area contributed by atoms with E-state index < -0.39 is 0 Å². The van der Waals surface area contributed by atoms with Crippen LogP contribution in [0.15, 0.2) is 18.2 Å². The Kier molecular flexibility index (Phi) is 3.15. The van der Waals surface area contributed by atoms with Crippen LogP contribution in [0, 0.1) is 13.8 Å². The first-order valence-corrected chi connectivity index (χ1v) is 5.56. The van der Waals surface area contributed by atoms with Gasteiger partial charge >= 0.3 is 0 Å². The maximum absolute atomic E-state index is 5.74. The summed E-state index contributed by atoms with van der Waals surface area (Å²) in [5.74, 6) is 0.885. The molecule has 0 amide bonds. The number of methoxy groups -OCH3 is 1. The predicted octanol–water partition coefficient (Wildman–Crippen LogP) is 2.16. The molecule has 0 atom stereocenters. The second kappa shape index (κ2) is 4.59. The van der Waals surface area contributed by atoms with E-state index in [0.717, 1.165) is 33.8 Å². The first-order chi connectivity index (χ1) is 8.17. The average molecular weight is 231 g/mol. The Labute approximate surface area is 101 Å². The quantitative estimate of drug-likeness (QED) is 0.850. The molecule has 0 bridgehead atoms. The summed E-state index contributed by atoms with van der Waals surface area (Å²) in [6.07, 6.45) is 0. The van der Waals surface area contributed by atoms with Gasteiger partial charge in [-0.25, -0.2) is 0 Å². The molecular weight excluding hydrogens is 214 g/mol. The van der Waals surface area contributed by atoms with Crippen molar-refractivity contribution in [3.63, 3.8) is 0 Å². The van der Waals surface area contributed by atoms with Crippen LogP contribution in [-0.2, 0) is 6.54 Å². The van der Waals surface area contributed by atoms with E-state index in [0.29, 0.717) is 6.54 Å². The lowest BCUT2D eigenvalue weighted by atomic mass is 10.0. The number of benzene rings is 1. The summed E-state index contributed by atoms with van der Waals surface area (Å²) in [5, 5.41) is 7.28. The van der Waals surface area contributed by atoms with Crippen LogP contribution in [0.1, 0.15) is 16.8 Å². The fraction of sp³-hybridized carbons (Fsp3) is 0.308. The second-order valence-electron chi connectivity index (χ2n) is 4.06. The molecule has 0 aliphatic heterocycles. The van der Waals surface area contributed by atoms with Crippen molar-refractivity contribution in [2.24, 2.45) is 5.73 Å². The molecule has 90 valence electrons. The third-order valence-corrected chi connectivity index (χ3v) is 2.95. The topological polar surface area (TPSA) is 63.9 Å². The first kappa shape index (κ1) is 11.7. The minimum Gasteiger partial charge on any atom is -0.496 e. The largest absolute Gasteiger partial charge is 0.496 e. The van der Waals surface area contributed by atoms with Gasteiger partial charge in [0, 0.05) is 23.4 Å². The Morgan fingerprint density at radius 1 is 1.35 bits per heavy atom. The molecule has 2 rings (SSSR count). The Balaban J connectivity index is 2.49. The maximum Gasteiger partial charge on any atom is 0.121 e. The van der Waals surface area contributed by atoms with Crippen molar-refractivity contribution in [3.8, 4) is 17.0 Å². The Hall–Kier alpha value is -1.81. The fourth-order valence-electron chi connectivity index (χ4n) is 1.97. The molecule has 3 N–H and O–H groups in total. The van der Waals surface area contributed by atoms with Crippen LogP contribution >= 0.6 is 0 Å². The SMILES string of the molecule is COc1ccc(-c2n[nH]c(C)c2CN)cc1C. The van der Waals surface area contributed by atoms with Gasteiger partial charge in [0.25, 0.3) is 0 Å². The lowest BCUT2D eigenvalue weighted by molar-refractivity contribution is 0.412. The minimum atomic E-state index is 0.489. The van der Waals surface area contributed by atoms with E-state index in [1.807, 2.05) is 26.0 Å². The van der Waals surface area contributed by atoms with Crippen LogP contribution in [0.2, 0.25) is 0 Å². The van der Waals surface area contributed by atoms with Crippen molar-refractivity contribution in [1.29, 1.82) is 0 Å². The summed E-state index contributed by atoms with van der Waals surface area (Å²) in [7, 11) is 1.67. The predicted molar refractivity (Wildman–Crippen MR) is 67.9 cm³/mol. The van der Waals surface area contributed by atoms with Crippen molar-refractivity contribution in [2.45, 2.75) is 20.4 Å². The number of aromatic nitrogens is 2. The van der Waals surface area contributed by atoms with Gasteiger partial charge in [-0.3, -0.25) is 5.10 Å². The molecule has 1 aromatic heterocycles. The number of nitrogens with zero attached hydrogens (tertiary/aromatic N) is 1. The lowest BCUT2D eigenvalue weighted by Crippen LogP contribution is -1.99. The number of rotatable bonds is 3. The van der Waals surface area contributed by atoms with Gasteiger partial charge in [0.2, 0.25) is 0 Å². The highest BCUT2D eigenvalue weighted by Crippen LogP contribution is 2.27. The highest BCUT2D eigenvalue weighted by molar-refractivity contribution is 5.66. The number of ether oxygens (including phenoxy) is 1. The third kappa shape index (κ3) is 2.03. The van der Waals surface area contributed by atoms with Crippen LogP contribution in [0.4, 0.5) is 0 Å². The minimum absolute atomic E-state index is 0.489. The zero-order chi connectivity index (χ0) is 12.4. The summed E-state index contributed by atoms with van der Waals surface area (Å²) >= 11 is 0. The third-order valence-electron chi connectivity index (χ3n) is 2.95. The molecule has 4 heteroatoms. The number of hydrogen-bond donors (Lipinski definition) is 2. The van der Waals surface area contributed by atoms with Crippen molar-refractivity contribution in [3.05, 3.63) is 35.0 Å². The van der Waals surface area contributed by atoms with Crippen LogP contribution in [0.3, 0.4) is 0 Å². The zero-order valence-corrected chi connectivity index (χ0v) is 10.4. The number of aromatic amines is 1. The normalized spacial score (nSPS) is 10.6. The van der Waals surface area contributed by atoms with Crippen molar-refractivity contribution in [2.75, 3.05) is 7.11 Å². The molecule has 2 aromatic rings. The first-order valence-electron chi connectivity index (χ1n) is 5.56. The Bertz CT molecular complexity index is 531. The molecule has 0 spiro atoms. The molecule has 0 aliphatic rings. The molecular formula is C13H17N3O. The van der Waals surface area contributed by atoms with Gasteiger partial charge in [-0.2, -0.15) is 5.10 Å². The molecule has 0 fully saturated rings. The monoisotopic (exact) mass is 231 g/mol. The molecule has 0 unspecified atom stereocenters. The van der Waals surface area contributed by atoms with E-state index in [4.69, 9.17) is 10.5 Å². The average Bonchev–Trinajstić information content (AvgIpc) is 2.70. The summed E-state index contributed by atoms with van der Waals surface area (Å²) < 4.78 is 5.24. The molecule has 0 saturated heterocycles. The second-order valence-corrected chi connectivity index (χ2v) is 4.06. The van der Waals surface area contributed by atoms with Crippen molar-refractivity contribution >= 4 is 0 Å². The van der Waals surface area contributed by atoms with E-state index in [1.165, 1.54) is 0 Å². The molecule has 1 heterocycles. The zero-order valence-electron chi connectivity index (χ0n) is 10.4. The van der Waals surface area contributed by atoms with E-state index >= 15 is 0 Å². The maximum atomic E-state index is 5.74. The summed E-state index contributed by atoms with van der Waals surface area (Å²) in [4.78, 5) is 0. The van der Waals surface area contributed by atoms with E-state index in [1.54, 1.807) is 7.11 Å². The molecule has 0 radical (unpaired) electrons. The number of H-pyrrole nitrogens is 1. The van der Waals surface area contributed by atoms with Gasteiger partial charge in [-0.05, 0) is 37.6 Å². The fourth-order valence-corrected chi connectivity index (χ4v) is 1.97. The van der Waals surface area contributed by atoms with Crippen molar-refractivity contribution in [1.82, 2.24) is 10.2 Å².